The topological polar surface area (TPSA) is 71.0 Å². The smallest absolute Gasteiger partial charge is 0.220 e. The van der Waals surface area contributed by atoms with Gasteiger partial charge in [-0.2, -0.15) is 0 Å². The Morgan fingerprint density at radius 3 is 2.74 bits per heavy atom. The summed E-state index contributed by atoms with van der Waals surface area (Å²) in [6, 6.07) is 14.3. The molecule has 6 heteroatoms. The minimum atomic E-state index is -0.988. The number of carbonyl (C=O) groups is 1. The van der Waals surface area contributed by atoms with Crippen LogP contribution in [0, 0.1) is 5.92 Å². The van der Waals surface area contributed by atoms with Crippen molar-refractivity contribution in [1.29, 1.82) is 0 Å². The molecule has 1 saturated carbocycles. The SMILES string of the molecule is COc1c(OCc2ccccc2)ccc2c1C13CCN(CC4CC4)C(C2)C1(O)CCC(=O)NC3. The third-order valence-electron chi connectivity index (χ3n) is 8.70. The van der Waals surface area contributed by atoms with Crippen LogP contribution in [0.3, 0.4) is 0 Å². The second kappa shape index (κ2) is 8.28. The second-order valence-corrected chi connectivity index (χ2v) is 10.6. The molecule has 2 aliphatic carbocycles. The van der Waals surface area contributed by atoms with Crippen molar-refractivity contribution in [3.05, 3.63) is 59.2 Å². The Labute approximate surface area is 201 Å². The highest BCUT2D eigenvalue weighted by atomic mass is 16.5. The molecule has 2 aliphatic heterocycles. The zero-order valence-corrected chi connectivity index (χ0v) is 19.9. The Morgan fingerprint density at radius 2 is 1.97 bits per heavy atom. The summed E-state index contributed by atoms with van der Waals surface area (Å²) in [7, 11) is 1.68. The van der Waals surface area contributed by atoms with Gasteiger partial charge in [0.1, 0.15) is 6.61 Å². The van der Waals surface area contributed by atoms with E-state index in [2.05, 4.69) is 16.3 Å². The van der Waals surface area contributed by atoms with Crippen LogP contribution in [0.15, 0.2) is 42.5 Å². The van der Waals surface area contributed by atoms with Gasteiger partial charge in [-0.1, -0.05) is 36.4 Å². The average Bonchev–Trinajstić information content (AvgIpc) is 3.68. The number of rotatable bonds is 6. The molecule has 0 spiro atoms. The molecular formula is C28H34N2O4. The number of carbonyl (C=O) groups excluding carboxylic acids is 1. The lowest BCUT2D eigenvalue weighted by Gasteiger charge is -2.61. The van der Waals surface area contributed by atoms with Crippen molar-refractivity contribution in [3.63, 3.8) is 0 Å². The number of nitrogens with one attached hydrogen (secondary N) is 1. The van der Waals surface area contributed by atoms with E-state index in [0.29, 0.717) is 37.5 Å². The molecule has 3 atom stereocenters. The zero-order valence-electron chi connectivity index (χ0n) is 19.9. The molecule has 1 amide bonds. The van der Waals surface area contributed by atoms with Gasteiger partial charge in [-0.05, 0) is 61.8 Å². The maximum absolute atomic E-state index is 12.5. The number of aliphatic hydroxyl groups is 1. The van der Waals surface area contributed by atoms with Gasteiger partial charge in [0.15, 0.2) is 11.5 Å². The molecule has 180 valence electrons. The van der Waals surface area contributed by atoms with Gasteiger partial charge in [0.2, 0.25) is 5.91 Å². The molecule has 2 aromatic rings. The van der Waals surface area contributed by atoms with Crippen LogP contribution in [0.25, 0.3) is 0 Å². The van der Waals surface area contributed by atoms with E-state index in [0.717, 1.165) is 43.0 Å². The van der Waals surface area contributed by atoms with E-state index in [4.69, 9.17) is 9.47 Å². The van der Waals surface area contributed by atoms with Crippen LogP contribution in [0.2, 0.25) is 0 Å². The first-order chi connectivity index (χ1) is 16.5. The Kier molecular flexibility index (Phi) is 5.34. The Balaban J connectivity index is 1.44. The molecule has 2 saturated heterocycles. The number of ether oxygens (including phenoxy) is 2. The summed E-state index contributed by atoms with van der Waals surface area (Å²) in [6.07, 6.45) is 4.97. The highest BCUT2D eigenvalue weighted by Gasteiger charge is 2.64. The number of fused-ring (bicyclic) bond motifs is 1. The van der Waals surface area contributed by atoms with Crippen molar-refractivity contribution in [3.8, 4) is 11.5 Å². The summed E-state index contributed by atoms with van der Waals surface area (Å²) in [5.41, 5.74) is 1.75. The fraction of sp³-hybridized carbons (Fsp3) is 0.536. The van der Waals surface area contributed by atoms with Crippen LogP contribution in [0.5, 0.6) is 11.5 Å². The van der Waals surface area contributed by atoms with E-state index < -0.39 is 11.0 Å². The minimum Gasteiger partial charge on any atom is -0.493 e. The fourth-order valence-electron chi connectivity index (χ4n) is 6.75. The third kappa shape index (κ3) is 3.42. The number of nitrogens with zero attached hydrogens (tertiary/aromatic N) is 1. The first kappa shape index (κ1) is 21.9. The second-order valence-electron chi connectivity index (χ2n) is 10.6. The molecule has 2 N–H and O–H groups in total. The van der Waals surface area contributed by atoms with E-state index >= 15 is 0 Å². The molecule has 2 heterocycles. The van der Waals surface area contributed by atoms with Gasteiger partial charge in [-0.3, -0.25) is 9.69 Å². The van der Waals surface area contributed by atoms with Crippen LogP contribution in [-0.4, -0.2) is 54.3 Å². The summed E-state index contributed by atoms with van der Waals surface area (Å²) < 4.78 is 12.3. The first-order valence-corrected chi connectivity index (χ1v) is 12.6. The molecule has 6 rings (SSSR count). The van der Waals surface area contributed by atoms with E-state index in [1.807, 2.05) is 36.4 Å². The van der Waals surface area contributed by atoms with Crippen LogP contribution in [0.1, 0.15) is 48.8 Å². The molecule has 3 fully saturated rings. The molecule has 6 nitrogen and oxygen atoms in total. The van der Waals surface area contributed by atoms with Crippen molar-refractivity contribution in [2.45, 2.75) is 62.2 Å². The molecule has 0 radical (unpaired) electrons. The normalized spacial score (nSPS) is 30.5. The maximum atomic E-state index is 12.5. The van der Waals surface area contributed by atoms with Gasteiger partial charge < -0.3 is 19.9 Å². The molecular weight excluding hydrogens is 428 g/mol. The highest BCUT2D eigenvalue weighted by molar-refractivity contribution is 5.77. The Bertz CT molecular complexity index is 1090. The van der Waals surface area contributed by atoms with Crippen LogP contribution in [0.4, 0.5) is 0 Å². The number of hydrogen-bond acceptors (Lipinski definition) is 5. The highest BCUT2D eigenvalue weighted by Crippen LogP contribution is 2.58. The predicted octanol–water partition coefficient (Wildman–Crippen LogP) is 3.19. The van der Waals surface area contributed by atoms with Crippen LogP contribution < -0.4 is 14.8 Å². The van der Waals surface area contributed by atoms with E-state index in [-0.39, 0.29) is 11.9 Å². The molecule has 0 aromatic heterocycles. The Morgan fingerprint density at radius 1 is 1.15 bits per heavy atom. The first-order valence-electron chi connectivity index (χ1n) is 12.6. The number of likely N-dealkylation sites (tertiary alicyclic amines) is 1. The zero-order chi connectivity index (χ0) is 23.3. The number of methoxy groups -OCH3 is 1. The van der Waals surface area contributed by atoms with Crippen molar-refractivity contribution >= 4 is 5.91 Å². The molecule has 2 bridgehead atoms. The lowest BCUT2D eigenvalue weighted by atomic mass is 9.53. The van der Waals surface area contributed by atoms with Gasteiger partial charge >= 0.3 is 0 Å². The largest absolute Gasteiger partial charge is 0.493 e. The number of benzene rings is 2. The predicted molar refractivity (Wildman–Crippen MR) is 129 cm³/mol. The monoisotopic (exact) mass is 462 g/mol. The quantitative estimate of drug-likeness (QED) is 0.690. The molecule has 3 unspecified atom stereocenters. The average molecular weight is 463 g/mol. The summed E-state index contributed by atoms with van der Waals surface area (Å²) >= 11 is 0. The minimum absolute atomic E-state index is 0.0165. The van der Waals surface area contributed by atoms with Gasteiger partial charge in [-0.25, -0.2) is 0 Å². The standard InChI is InChI=1S/C28H34N2O4/c1-33-26-22(34-17-20-5-3-2-4-6-20)10-9-21-15-23-28(32)12-11-24(31)29-18-27(28,25(21)26)13-14-30(23)16-19-7-8-19/h2-6,9-10,19,23,32H,7-8,11-18H2,1H3,(H,29,31). The van der Waals surface area contributed by atoms with Gasteiger partial charge in [0.25, 0.3) is 0 Å². The van der Waals surface area contributed by atoms with Gasteiger partial charge in [0, 0.05) is 36.5 Å². The van der Waals surface area contributed by atoms with E-state index in [9.17, 15) is 9.90 Å². The van der Waals surface area contributed by atoms with Gasteiger partial charge in [0.05, 0.1) is 12.7 Å². The Hall–Kier alpha value is -2.57. The van der Waals surface area contributed by atoms with Crippen molar-refractivity contribution in [2.24, 2.45) is 5.92 Å². The lowest BCUT2D eigenvalue weighted by Crippen LogP contribution is -2.73. The third-order valence-corrected chi connectivity index (χ3v) is 8.70. The van der Waals surface area contributed by atoms with E-state index in [1.54, 1.807) is 7.11 Å². The summed E-state index contributed by atoms with van der Waals surface area (Å²) in [5.74, 6) is 2.17. The number of hydrogen-bond donors (Lipinski definition) is 2. The molecule has 2 aromatic carbocycles. The maximum Gasteiger partial charge on any atom is 0.220 e. The van der Waals surface area contributed by atoms with Crippen LogP contribution >= 0.6 is 0 Å². The summed E-state index contributed by atoms with van der Waals surface area (Å²) in [4.78, 5) is 15.0. The lowest BCUT2D eigenvalue weighted by molar-refractivity contribution is -0.147. The van der Waals surface area contributed by atoms with E-state index in [1.165, 1.54) is 18.4 Å². The van der Waals surface area contributed by atoms with Gasteiger partial charge in [-0.15, -0.1) is 0 Å². The van der Waals surface area contributed by atoms with Crippen molar-refractivity contribution in [1.82, 2.24) is 10.2 Å². The van der Waals surface area contributed by atoms with Crippen LogP contribution in [-0.2, 0) is 23.2 Å². The molecule has 34 heavy (non-hydrogen) atoms. The fourth-order valence-corrected chi connectivity index (χ4v) is 6.75. The van der Waals surface area contributed by atoms with Crippen molar-refractivity contribution in [2.75, 3.05) is 26.7 Å². The summed E-state index contributed by atoms with van der Waals surface area (Å²) in [6.45, 7) is 2.86. The van der Waals surface area contributed by atoms with Crippen molar-refractivity contribution < 1.29 is 19.4 Å². The summed E-state index contributed by atoms with van der Waals surface area (Å²) in [5, 5.41) is 15.6. The number of amides is 1. The number of piperidine rings is 1. The molecule has 4 aliphatic rings.